The maximum absolute atomic E-state index is 13.6. The molecule has 0 atom stereocenters. The summed E-state index contributed by atoms with van der Waals surface area (Å²) in [6.07, 6.45) is 14.5. The fourth-order valence-electron chi connectivity index (χ4n) is 7.91. The number of hydrogen-bond acceptors (Lipinski definition) is 4. The van der Waals surface area contributed by atoms with Gasteiger partial charge >= 0.3 is 0 Å². The molecule has 0 unspecified atom stereocenters. The van der Waals surface area contributed by atoms with Crippen LogP contribution in [0.25, 0.3) is 0 Å². The van der Waals surface area contributed by atoms with E-state index in [1.165, 1.54) is 6.42 Å². The van der Waals surface area contributed by atoms with Gasteiger partial charge in [-0.1, -0.05) is 0 Å². The van der Waals surface area contributed by atoms with Crippen molar-refractivity contribution < 1.29 is 9.59 Å². The average molecular weight is 451 g/mol. The Hall–Kier alpha value is -0.360. The zero-order chi connectivity index (χ0) is 20.9. The van der Waals surface area contributed by atoms with Crippen LogP contribution in [0.15, 0.2) is 0 Å². The predicted octanol–water partition coefficient (Wildman–Crippen LogP) is 4.29. The molecule has 2 N–H and O–H groups in total. The van der Waals surface area contributed by atoms with E-state index in [-0.39, 0.29) is 22.6 Å². The first-order chi connectivity index (χ1) is 14.4. The third kappa shape index (κ3) is 4.04. The number of nitrogens with one attached hydrogen (secondary N) is 2. The highest BCUT2D eigenvalue weighted by Gasteiger charge is 2.63. The highest BCUT2D eigenvalue weighted by molar-refractivity contribution is 7.81. The molecular weight excluding hydrogens is 412 g/mol. The van der Waals surface area contributed by atoms with Crippen LogP contribution in [0.5, 0.6) is 0 Å². The third-order valence-corrected chi connectivity index (χ3v) is 10.1. The Morgan fingerprint density at radius 2 is 1.00 bits per heavy atom. The van der Waals surface area contributed by atoms with E-state index in [0.29, 0.717) is 34.4 Å². The quantitative estimate of drug-likeness (QED) is 0.483. The highest BCUT2D eigenvalue weighted by atomic mass is 32.1. The molecule has 0 heterocycles. The molecule has 6 heteroatoms. The molecule has 168 valence electrons. The minimum atomic E-state index is -0.304. The number of thiol groups is 2. The van der Waals surface area contributed by atoms with Gasteiger partial charge in [0.15, 0.2) is 0 Å². The van der Waals surface area contributed by atoms with Crippen molar-refractivity contribution in [3.05, 3.63) is 0 Å². The summed E-state index contributed by atoms with van der Waals surface area (Å²) >= 11 is 9.20. The topological polar surface area (TPSA) is 58.2 Å². The van der Waals surface area contributed by atoms with Gasteiger partial charge in [-0.3, -0.25) is 9.59 Å². The fraction of sp³-hybridized carbons (Fsp3) is 0.917. The molecule has 0 aromatic rings. The standard InChI is InChI=1S/C24H38N2O2S2/c27-21(25-17-1-5-19(29)6-2-17)23-10-15-9-16(11-23)13-24(12-15,14-23)22(28)26-18-3-7-20(30)8-4-18/h15-20,29-30H,1-14H2,(H,25,27)(H,26,28). The van der Waals surface area contributed by atoms with E-state index in [1.54, 1.807) is 0 Å². The number of carbonyl (C=O) groups excluding carboxylic acids is 2. The predicted molar refractivity (Wildman–Crippen MR) is 126 cm³/mol. The Bertz CT molecular complexity index is 615. The summed E-state index contributed by atoms with van der Waals surface area (Å²) in [4.78, 5) is 27.1. The van der Waals surface area contributed by atoms with Gasteiger partial charge in [0.1, 0.15) is 0 Å². The maximum Gasteiger partial charge on any atom is 0.226 e. The molecule has 2 amide bonds. The van der Waals surface area contributed by atoms with Gasteiger partial charge in [-0.05, 0) is 102 Å². The highest BCUT2D eigenvalue weighted by Crippen LogP contribution is 2.65. The van der Waals surface area contributed by atoms with Crippen molar-refractivity contribution in [3.63, 3.8) is 0 Å². The van der Waals surface area contributed by atoms with E-state index >= 15 is 0 Å². The van der Waals surface area contributed by atoms with Gasteiger partial charge in [0.2, 0.25) is 11.8 Å². The van der Waals surface area contributed by atoms with Gasteiger partial charge in [-0.2, -0.15) is 25.3 Å². The number of rotatable bonds is 4. The first kappa shape index (κ1) is 21.5. The lowest BCUT2D eigenvalue weighted by molar-refractivity contribution is -0.168. The van der Waals surface area contributed by atoms with Gasteiger partial charge in [0.05, 0.1) is 10.8 Å². The molecule has 6 aliphatic carbocycles. The van der Waals surface area contributed by atoms with Crippen LogP contribution in [0.1, 0.15) is 89.9 Å². The van der Waals surface area contributed by atoms with Crippen molar-refractivity contribution in [1.82, 2.24) is 10.6 Å². The molecule has 4 nitrogen and oxygen atoms in total. The number of carbonyl (C=O) groups is 2. The summed E-state index contributed by atoms with van der Waals surface area (Å²) < 4.78 is 0. The Balaban J connectivity index is 1.28. The van der Waals surface area contributed by atoms with Gasteiger partial charge < -0.3 is 10.6 Å². The van der Waals surface area contributed by atoms with E-state index in [2.05, 4.69) is 35.9 Å². The van der Waals surface area contributed by atoms with E-state index in [9.17, 15) is 9.59 Å². The summed E-state index contributed by atoms with van der Waals surface area (Å²) in [7, 11) is 0. The van der Waals surface area contributed by atoms with Crippen LogP contribution in [0.2, 0.25) is 0 Å². The molecule has 0 aromatic heterocycles. The lowest BCUT2D eigenvalue weighted by Gasteiger charge is -2.60. The zero-order valence-electron chi connectivity index (χ0n) is 18.1. The second-order valence-corrected chi connectivity index (χ2v) is 12.9. The van der Waals surface area contributed by atoms with Crippen LogP contribution in [0.4, 0.5) is 0 Å². The Labute approximate surface area is 192 Å². The minimum Gasteiger partial charge on any atom is -0.353 e. The van der Waals surface area contributed by atoms with E-state index in [1.807, 2.05) is 0 Å². The van der Waals surface area contributed by atoms with E-state index in [4.69, 9.17) is 0 Å². The summed E-state index contributed by atoms with van der Waals surface area (Å²) in [6.45, 7) is 0. The van der Waals surface area contributed by atoms with Gasteiger partial charge in [0.25, 0.3) is 0 Å². The molecule has 6 fully saturated rings. The third-order valence-electron chi connectivity index (χ3n) is 9.09. The normalized spacial score (nSPS) is 47.7. The second-order valence-electron chi connectivity index (χ2n) is 11.5. The fourth-order valence-corrected chi connectivity index (χ4v) is 8.51. The lowest BCUT2D eigenvalue weighted by atomic mass is 9.43. The SMILES string of the molecule is O=C(NC1CCC(S)CC1)C12CC3CC(C1)CC(C(=O)NC1CCC(S)CC1)(C3)C2. The van der Waals surface area contributed by atoms with Gasteiger partial charge in [-0.15, -0.1) is 0 Å². The molecule has 0 saturated heterocycles. The van der Waals surface area contributed by atoms with Crippen molar-refractivity contribution in [3.8, 4) is 0 Å². The number of hydrogen-bond donors (Lipinski definition) is 4. The summed E-state index contributed by atoms with van der Waals surface area (Å²) in [6, 6.07) is 0.602. The van der Waals surface area contributed by atoms with Crippen LogP contribution in [-0.4, -0.2) is 34.4 Å². The Morgan fingerprint density at radius 1 is 0.633 bits per heavy atom. The molecule has 30 heavy (non-hydrogen) atoms. The smallest absolute Gasteiger partial charge is 0.226 e. The van der Waals surface area contributed by atoms with Crippen molar-refractivity contribution >= 4 is 37.1 Å². The van der Waals surface area contributed by atoms with Crippen LogP contribution >= 0.6 is 25.3 Å². The second kappa shape index (κ2) is 8.20. The molecule has 6 saturated carbocycles. The number of amides is 2. The van der Waals surface area contributed by atoms with Crippen molar-refractivity contribution in [1.29, 1.82) is 0 Å². The average Bonchev–Trinajstić information content (AvgIpc) is 2.70. The molecule has 0 spiro atoms. The summed E-state index contributed by atoms with van der Waals surface area (Å²) in [5.74, 6) is 1.60. The van der Waals surface area contributed by atoms with Crippen molar-refractivity contribution in [2.75, 3.05) is 0 Å². The van der Waals surface area contributed by atoms with E-state index < -0.39 is 0 Å². The van der Waals surface area contributed by atoms with Crippen LogP contribution < -0.4 is 10.6 Å². The zero-order valence-corrected chi connectivity index (χ0v) is 19.9. The van der Waals surface area contributed by atoms with Crippen molar-refractivity contribution in [2.24, 2.45) is 22.7 Å². The van der Waals surface area contributed by atoms with Crippen LogP contribution in [0.3, 0.4) is 0 Å². The summed E-state index contributed by atoms with van der Waals surface area (Å²) in [5.41, 5.74) is -0.607. The molecule has 0 aromatic carbocycles. The van der Waals surface area contributed by atoms with Gasteiger partial charge in [-0.25, -0.2) is 0 Å². The molecule has 0 aliphatic heterocycles. The monoisotopic (exact) mass is 450 g/mol. The molecule has 4 bridgehead atoms. The molecule has 6 rings (SSSR count). The Morgan fingerprint density at radius 3 is 1.37 bits per heavy atom. The maximum atomic E-state index is 13.6. The van der Waals surface area contributed by atoms with E-state index in [0.717, 1.165) is 83.5 Å². The van der Waals surface area contributed by atoms with Crippen LogP contribution in [0, 0.1) is 22.7 Å². The van der Waals surface area contributed by atoms with Crippen molar-refractivity contribution in [2.45, 2.75) is 112 Å². The first-order valence-electron chi connectivity index (χ1n) is 12.3. The summed E-state index contributed by atoms with van der Waals surface area (Å²) in [5, 5.41) is 7.83. The van der Waals surface area contributed by atoms with Crippen LogP contribution in [-0.2, 0) is 9.59 Å². The molecule has 6 aliphatic rings. The lowest BCUT2D eigenvalue weighted by Crippen LogP contribution is -2.62. The Kier molecular flexibility index (Phi) is 5.88. The molecule has 0 radical (unpaired) electrons. The van der Waals surface area contributed by atoms with Gasteiger partial charge in [0, 0.05) is 22.6 Å². The first-order valence-corrected chi connectivity index (χ1v) is 13.4. The largest absolute Gasteiger partial charge is 0.353 e. The minimum absolute atomic E-state index is 0.256. The molecular formula is C24H38N2O2S2.